The van der Waals surface area contributed by atoms with E-state index in [-0.39, 0.29) is 10.7 Å². The zero-order valence-corrected chi connectivity index (χ0v) is 15.4. The first-order valence-electron chi connectivity index (χ1n) is 8.50. The lowest BCUT2D eigenvalue weighted by atomic mass is 9.86. The lowest BCUT2D eigenvalue weighted by molar-refractivity contribution is 0.482. The molecule has 3 nitrogen and oxygen atoms in total. The quantitative estimate of drug-likeness (QED) is 0.735. The van der Waals surface area contributed by atoms with Crippen LogP contribution in [0.5, 0.6) is 0 Å². The number of sulfonamides is 1. The smallest absolute Gasteiger partial charge is 0.238 e. The van der Waals surface area contributed by atoms with E-state index in [9.17, 15) is 8.42 Å². The SMILES string of the molecule is C=CCN(c1ccccc1C(C)(C)C)S(=O)(=O)C1CCCCC1. The molecule has 1 saturated carbocycles. The van der Waals surface area contributed by atoms with Crippen molar-refractivity contribution in [2.45, 2.75) is 63.5 Å². The second kappa shape index (κ2) is 7.08. The molecule has 0 saturated heterocycles. The van der Waals surface area contributed by atoms with Gasteiger partial charge in [0.1, 0.15) is 0 Å². The van der Waals surface area contributed by atoms with Gasteiger partial charge in [-0.25, -0.2) is 8.42 Å². The van der Waals surface area contributed by atoms with Crippen LogP contribution in [0.15, 0.2) is 36.9 Å². The second-order valence-corrected chi connectivity index (χ2v) is 9.53. The second-order valence-electron chi connectivity index (χ2n) is 7.39. The zero-order valence-electron chi connectivity index (χ0n) is 14.6. The summed E-state index contributed by atoms with van der Waals surface area (Å²) >= 11 is 0. The number of benzene rings is 1. The van der Waals surface area contributed by atoms with Gasteiger partial charge in [-0.05, 0) is 29.9 Å². The molecule has 1 fully saturated rings. The van der Waals surface area contributed by atoms with Crippen LogP contribution in [0, 0.1) is 0 Å². The molecule has 0 aromatic heterocycles. The van der Waals surface area contributed by atoms with E-state index in [1.807, 2.05) is 24.3 Å². The van der Waals surface area contributed by atoms with E-state index >= 15 is 0 Å². The Morgan fingerprint density at radius 1 is 1.17 bits per heavy atom. The van der Waals surface area contributed by atoms with Crippen LogP contribution in [-0.2, 0) is 15.4 Å². The first kappa shape index (κ1) is 18.1. The number of nitrogens with zero attached hydrogens (tertiary/aromatic N) is 1. The van der Waals surface area contributed by atoms with Crippen LogP contribution < -0.4 is 4.31 Å². The molecule has 0 spiro atoms. The van der Waals surface area contributed by atoms with Crippen LogP contribution in [0.25, 0.3) is 0 Å². The highest BCUT2D eigenvalue weighted by Gasteiger charge is 2.34. The average molecular weight is 336 g/mol. The minimum absolute atomic E-state index is 0.113. The lowest BCUT2D eigenvalue weighted by Gasteiger charge is -2.34. The van der Waals surface area contributed by atoms with Crippen molar-refractivity contribution in [3.8, 4) is 0 Å². The van der Waals surface area contributed by atoms with Gasteiger partial charge in [-0.3, -0.25) is 4.31 Å². The molecule has 23 heavy (non-hydrogen) atoms. The Morgan fingerprint density at radius 2 is 1.78 bits per heavy atom. The van der Waals surface area contributed by atoms with Crippen molar-refractivity contribution >= 4 is 15.7 Å². The van der Waals surface area contributed by atoms with Gasteiger partial charge in [-0.2, -0.15) is 0 Å². The van der Waals surface area contributed by atoms with Gasteiger partial charge in [0.2, 0.25) is 10.0 Å². The Labute approximate surface area is 141 Å². The van der Waals surface area contributed by atoms with E-state index in [0.29, 0.717) is 6.54 Å². The minimum Gasteiger partial charge on any atom is -0.266 e. The molecule has 1 aromatic carbocycles. The van der Waals surface area contributed by atoms with Crippen molar-refractivity contribution in [1.82, 2.24) is 0 Å². The van der Waals surface area contributed by atoms with Crippen molar-refractivity contribution in [1.29, 1.82) is 0 Å². The maximum absolute atomic E-state index is 13.2. The minimum atomic E-state index is -3.36. The molecular formula is C19H29NO2S. The van der Waals surface area contributed by atoms with Gasteiger partial charge in [0.25, 0.3) is 0 Å². The molecule has 0 N–H and O–H groups in total. The summed E-state index contributed by atoms with van der Waals surface area (Å²) in [5.74, 6) is 0. The van der Waals surface area contributed by atoms with E-state index in [0.717, 1.165) is 43.4 Å². The highest BCUT2D eigenvalue weighted by molar-refractivity contribution is 7.93. The Hall–Kier alpha value is -1.29. The highest BCUT2D eigenvalue weighted by Crippen LogP contribution is 2.36. The Bertz CT molecular complexity index is 638. The molecule has 1 aliphatic rings. The molecule has 0 bridgehead atoms. The predicted octanol–water partition coefficient (Wildman–Crippen LogP) is 4.64. The standard InChI is InChI=1S/C19H29NO2S/c1-5-15-20(23(21,22)16-11-7-6-8-12-16)18-14-10-9-13-17(18)19(2,3)4/h5,9-10,13-14,16H,1,6-8,11-12,15H2,2-4H3. The van der Waals surface area contributed by atoms with Gasteiger partial charge in [0.05, 0.1) is 17.5 Å². The third-order valence-electron chi connectivity index (χ3n) is 4.56. The van der Waals surface area contributed by atoms with Crippen LogP contribution in [0.2, 0.25) is 0 Å². The van der Waals surface area contributed by atoms with Crippen LogP contribution >= 0.6 is 0 Å². The summed E-state index contributed by atoms with van der Waals surface area (Å²) in [5.41, 5.74) is 1.74. The van der Waals surface area contributed by atoms with Gasteiger partial charge >= 0.3 is 0 Å². The first-order chi connectivity index (χ1) is 10.8. The third kappa shape index (κ3) is 3.97. The fraction of sp³-hybridized carbons (Fsp3) is 0.579. The van der Waals surface area contributed by atoms with Crippen LogP contribution in [0.1, 0.15) is 58.4 Å². The Morgan fingerprint density at radius 3 is 2.35 bits per heavy atom. The normalized spacial score (nSPS) is 17.0. The predicted molar refractivity (Wildman–Crippen MR) is 98.5 cm³/mol. The first-order valence-corrected chi connectivity index (χ1v) is 10.0. The largest absolute Gasteiger partial charge is 0.266 e. The summed E-state index contributed by atoms with van der Waals surface area (Å²) in [6.07, 6.45) is 6.38. The summed E-state index contributed by atoms with van der Waals surface area (Å²) in [6, 6.07) is 7.84. The van der Waals surface area contributed by atoms with Gasteiger partial charge in [0, 0.05) is 0 Å². The Kier molecular flexibility index (Phi) is 5.56. The number of rotatable bonds is 5. The van der Waals surface area contributed by atoms with Crippen molar-refractivity contribution in [3.63, 3.8) is 0 Å². The monoisotopic (exact) mass is 335 g/mol. The van der Waals surface area contributed by atoms with E-state index < -0.39 is 10.0 Å². The number of anilines is 1. The number of para-hydroxylation sites is 1. The molecule has 0 aliphatic heterocycles. The van der Waals surface area contributed by atoms with E-state index in [2.05, 4.69) is 27.4 Å². The van der Waals surface area contributed by atoms with E-state index in [4.69, 9.17) is 0 Å². The molecule has 2 rings (SSSR count). The summed E-state index contributed by atoms with van der Waals surface area (Å²) in [5, 5.41) is -0.260. The third-order valence-corrected chi connectivity index (χ3v) is 6.83. The van der Waals surface area contributed by atoms with Crippen LogP contribution in [-0.4, -0.2) is 20.2 Å². The average Bonchev–Trinajstić information content (AvgIpc) is 2.52. The van der Waals surface area contributed by atoms with Gasteiger partial charge in [-0.1, -0.05) is 64.3 Å². The molecule has 128 valence electrons. The molecule has 0 radical (unpaired) electrons. The topological polar surface area (TPSA) is 37.4 Å². The van der Waals surface area contributed by atoms with Crippen molar-refractivity contribution in [2.24, 2.45) is 0 Å². The molecule has 1 aromatic rings. The number of hydrogen-bond donors (Lipinski definition) is 0. The van der Waals surface area contributed by atoms with Crippen molar-refractivity contribution in [3.05, 3.63) is 42.5 Å². The molecule has 0 unspecified atom stereocenters. The summed E-state index contributed by atoms with van der Waals surface area (Å²) < 4.78 is 28.0. The maximum atomic E-state index is 13.2. The van der Waals surface area contributed by atoms with Crippen LogP contribution in [0.3, 0.4) is 0 Å². The molecule has 0 amide bonds. The molecular weight excluding hydrogens is 306 g/mol. The molecule has 0 heterocycles. The van der Waals surface area contributed by atoms with E-state index in [1.54, 1.807) is 10.4 Å². The van der Waals surface area contributed by atoms with Crippen molar-refractivity contribution < 1.29 is 8.42 Å². The molecule has 4 heteroatoms. The summed E-state index contributed by atoms with van der Waals surface area (Å²) in [4.78, 5) is 0. The maximum Gasteiger partial charge on any atom is 0.238 e. The van der Waals surface area contributed by atoms with Crippen molar-refractivity contribution in [2.75, 3.05) is 10.8 Å². The summed E-state index contributed by atoms with van der Waals surface area (Å²) in [7, 11) is -3.36. The number of hydrogen-bond acceptors (Lipinski definition) is 2. The molecule has 1 aliphatic carbocycles. The van der Waals surface area contributed by atoms with Crippen LogP contribution in [0.4, 0.5) is 5.69 Å². The lowest BCUT2D eigenvalue weighted by Crippen LogP contribution is -2.41. The zero-order chi connectivity index (χ0) is 17.1. The molecule has 0 atom stereocenters. The van der Waals surface area contributed by atoms with Gasteiger partial charge in [0.15, 0.2) is 0 Å². The van der Waals surface area contributed by atoms with Gasteiger partial charge in [-0.15, -0.1) is 6.58 Å². The highest BCUT2D eigenvalue weighted by atomic mass is 32.2. The summed E-state index contributed by atoms with van der Waals surface area (Å²) in [6.45, 7) is 10.4. The fourth-order valence-corrected chi connectivity index (χ4v) is 5.36. The Balaban J connectivity index is 2.49. The van der Waals surface area contributed by atoms with Gasteiger partial charge < -0.3 is 0 Å². The fourth-order valence-electron chi connectivity index (χ4n) is 3.32. The van der Waals surface area contributed by atoms with E-state index in [1.165, 1.54) is 0 Å².